The van der Waals surface area contributed by atoms with Crippen LogP contribution >= 0.6 is 0 Å². The molecule has 2 N–H and O–H groups in total. The van der Waals surface area contributed by atoms with E-state index in [1.807, 2.05) is 41.5 Å². The lowest BCUT2D eigenvalue weighted by atomic mass is 10.1. The van der Waals surface area contributed by atoms with Crippen LogP contribution in [0.5, 0.6) is 0 Å². The molecule has 0 spiro atoms. The number of hydrogen-bond donors (Lipinski definition) is 1. The highest BCUT2D eigenvalue weighted by molar-refractivity contribution is 5.23. The van der Waals surface area contributed by atoms with Crippen LogP contribution in [0.4, 0.5) is 5.82 Å². The Kier molecular flexibility index (Phi) is 6.12. The third-order valence-electron chi connectivity index (χ3n) is 3.85. The average Bonchev–Trinajstić information content (AvgIpc) is 2.80. The number of nitrogens with zero attached hydrogens (tertiary/aromatic N) is 2. The normalized spacial score (nSPS) is 27.0. The van der Waals surface area contributed by atoms with Crippen molar-refractivity contribution in [2.24, 2.45) is 0 Å². The van der Waals surface area contributed by atoms with Crippen molar-refractivity contribution in [3.63, 3.8) is 0 Å². The van der Waals surface area contributed by atoms with Crippen molar-refractivity contribution in [1.29, 1.82) is 0 Å². The Hall–Kier alpha value is -1.48. The second kappa shape index (κ2) is 7.64. The summed E-state index contributed by atoms with van der Waals surface area (Å²) < 4.78 is 25.3. The van der Waals surface area contributed by atoms with Crippen LogP contribution < -0.4 is 11.4 Å². The van der Waals surface area contributed by atoms with E-state index in [0.717, 1.165) is 0 Å². The smallest absolute Gasteiger partial charge is 0.351 e. The number of aromatic nitrogens is 2. The van der Waals surface area contributed by atoms with Crippen LogP contribution in [0.25, 0.3) is 0 Å². The van der Waals surface area contributed by atoms with Crippen LogP contribution in [-0.4, -0.2) is 52.8 Å². The summed E-state index contributed by atoms with van der Waals surface area (Å²) in [6, 6.07) is 1.55. The van der Waals surface area contributed by atoms with E-state index in [1.165, 1.54) is 4.57 Å². The second-order valence-electron chi connectivity index (χ2n) is 8.43. The summed E-state index contributed by atoms with van der Waals surface area (Å²) in [5.41, 5.74) is 4.35. The monoisotopic (exact) mass is 369 g/mol. The van der Waals surface area contributed by atoms with Crippen LogP contribution in [-0.2, 0) is 18.9 Å². The molecule has 1 aliphatic rings. The Bertz CT molecular complexity index is 662. The minimum absolute atomic E-state index is 0.160. The number of hydrogen-bond acceptors (Lipinski definition) is 7. The van der Waals surface area contributed by atoms with Crippen molar-refractivity contribution in [3.05, 3.63) is 22.7 Å². The molecule has 1 aromatic heterocycles. The largest absolute Gasteiger partial charge is 0.383 e. The lowest BCUT2D eigenvalue weighted by Crippen LogP contribution is -2.44. The Labute approximate surface area is 154 Å². The summed E-state index contributed by atoms with van der Waals surface area (Å²) in [5.74, 6) is 0.160. The summed E-state index contributed by atoms with van der Waals surface area (Å²) in [4.78, 5) is 16.0. The van der Waals surface area contributed by atoms with E-state index in [1.54, 1.807) is 19.4 Å². The zero-order chi connectivity index (χ0) is 19.7. The van der Waals surface area contributed by atoms with Crippen LogP contribution in [0, 0.1) is 0 Å². The maximum absolute atomic E-state index is 12.3. The molecule has 1 aliphatic heterocycles. The van der Waals surface area contributed by atoms with Crippen molar-refractivity contribution >= 4 is 5.82 Å². The number of rotatable bonds is 5. The fourth-order valence-electron chi connectivity index (χ4n) is 2.82. The molecule has 148 valence electrons. The van der Waals surface area contributed by atoms with E-state index in [9.17, 15) is 4.79 Å². The topological polar surface area (TPSA) is 97.8 Å². The molecule has 8 heteroatoms. The average molecular weight is 369 g/mol. The van der Waals surface area contributed by atoms with Gasteiger partial charge in [-0.1, -0.05) is 0 Å². The SMILES string of the molecule is COC1C(OC(C)(C)C)[C@@H](COC(C)(C)C)O[C@H]1n1ccc(N)nc1=O. The van der Waals surface area contributed by atoms with Gasteiger partial charge in [0.1, 0.15) is 24.1 Å². The molecule has 4 atom stereocenters. The molecule has 2 rings (SSSR count). The summed E-state index contributed by atoms with van der Waals surface area (Å²) in [7, 11) is 1.57. The molecule has 26 heavy (non-hydrogen) atoms. The minimum atomic E-state index is -0.679. The van der Waals surface area contributed by atoms with Gasteiger partial charge >= 0.3 is 5.69 Å². The Morgan fingerprint density at radius 3 is 2.35 bits per heavy atom. The van der Waals surface area contributed by atoms with Gasteiger partial charge in [0.2, 0.25) is 0 Å². The van der Waals surface area contributed by atoms with E-state index >= 15 is 0 Å². The van der Waals surface area contributed by atoms with Crippen LogP contribution in [0.2, 0.25) is 0 Å². The maximum atomic E-state index is 12.3. The van der Waals surface area contributed by atoms with E-state index in [0.29, 0.717) is 6.61 Å². The van der Waals surface area contributed by atoms with Gasteiger partial charge in [-0.15, -0.1) is 0 Å². The van der Waals surface area contributed by atoms with Gasteiger partial charge in [-0.25, -0.2) is 4.79 Å². The molecule has 2 heterocycles. The first-order chi connectivity index (χ1) is 11.9. The van der Waals surface area contributed by atoms with Gasteiger partial charge in [0, 0.05) is 13.3 Å². The first-order valence-corrected chi connectivity index (χ1v) is 8.76. The highest BCUT2D eigenvalue weighted by atomic mass is 16.6. The van der Waals surface area contributed by atoms with Crippen molar-refractivity contribution in [3.8, 4) is 0 Å². The highest BCUT2D eigenvalue weighted by Crippen LogP contribution is 2.35. The molecule has 1 saturated heterocycles. The Balaban J connectivity index is 2.33. The van der Waals surface area contributed by atoms with Crippen molar-refractivity contribution < 1.29 is 18.9 Å². The summed E-state index contributed by atoms with van der Waals surface area (Å²) in [6.07, 6.45) is -0.417. The number of anilines is 1. The van der Waals surface area contributed by atoms with Crippen molar-refractivity contribution in [2.45, 2.75) is 77.3 Å². The quantitative estimate of drug-likeness (QED) is 0.844. The number of nitrogen functional groups attached to an aromatic ring is 1. The molecule has 0 bridgehead atoms. The lowest BCUT2D eigenvalue weighted by Gasteiger charge is -2.31. The van der Waals surface area contributed by atoms with Gasteiger partial charge in [0.05, 0.1) is 17.8 Å². The van der Waals surface area contributed by atoms with Gasteiger partial charge in [-0.3, -0.25) is 4.57 Å². The predicted octanol–water partition coefficient (Wildman–Crippen LogP) is 1.74. The zero-order valence-corrected chi connectivity index (χ0v) is 16.7. The molecule has 1 fully saturated rings. The molecule has 8 nitrogen and oxygen atoms in total. The van der Waals surface area contributed by atoms with Crippen LogP contribution in [0.3, 0.4) is 0 Å². The van der Waals surface area contributed by atoms with Crippen molar-refractivity contribution in [1.82, 2.24) is 9.55 Å². The highest BCUT2D eigenvalue weighted by Gasteiger charge is 2.49. The van der Waals surface area contributed by atoms with Gasteiger partial charge < -0.3 is 24.7 Å². The number of methoxy groups -OCH3 is 1. The van der Waals surface area contributed by atoms with Crippen molar-refractivity contribution in [2.75, 3.05) is 19.5 Å². The van der Waals surface area contributed by atoms with Gasteiger partial charge in [0.25, 0.3) is 0 Å². The first-order valence-electron chi connectivity index (χ1n) is 8.76. The van der Waals surface area contributed by atoms with E-state index < -0.39 is 35.8 Å². The maximum Gasteiger partial charge on any atom is 0.351 e. The number of nitrogens with two attached hydrogens (primary N) is 1. The third kappa shape index (κ3) is 5.26. The first kappa shape index (κ1) is 20.8. The third-order valence-corrected chi connectivity index (χ3v) is 3.85. The predicted molar refractivity (Wildman–Crippen MR) is 97.9 cm³/mol. The van der Waals surface area contributed by atoms with E-state index in [2.05, 4.69) is 4.98 Å². The fourth-order valence-corrected chi connectivity index (χ4v) is 2.82. The van der Waals surface area contributed by atoms with Gasteiger partial charge in [0.15, 0.2) is 6.23 Å². The van der Waals surface area contributed by atoms with Gasteiger partial charge in [-0.05, 0) is 47.6 Å². The standard InChI is InChI=1S/C18H31N3O5/c1-17(2,3)24-10-11-13(26-18(4,5)6)14(23-7)15(25-11)21-9-8-12(19)20-16(21)22/h8-9,11,13-15H,10H2,1-7H3,(H2,19,20,22)/t11-,13?,14?,15-/m1/s1. The molecule has 0 aromatic carbocycles. The molecular formula is C18H31N3O5. The Morgan fingerprint density at radius 2 is 1.85 bits per heavy atom. The van der Waals surface area contributed by atoms with Crippen LogP contribution in [0.15, 0.2) is 17.1 Å². The molecule has 2 unspecified atom stereocenters. The lowest BCUT2D eigenvalue weighted by molar-refractivity contribution is -0.140. The van der Waals surface area contributed by atoms with E-state index in [-0.39, 0.29) is 11.4 Å². The second-order valence-corrected chi connectivity index (χ2v) is 8.43. The number of ether oxygens (including phenoxy) is 4. The minimum Gasteiger partial charge on any atom is -0.383 e. The summed E-state index contributed by atoms with van der Waals surface area (Å²) in [6.45, 7) is 12.1. The zero-order valence-electron chi connectivity index (χ0n) is 16.7. The summed E-state index contributed by atoms with van der Waals surface area (Å²) >= 11 is 0. The molecular weight excluding hydrogens is 338 g/mol. The van der Waals surface area contributed by atoms with Crippen LogP contribution in [0.1, 0.15) is 47.8 Å². The molecule has 0 radical (unpaired) electrons. The summed E-state index contributed by atoms with van der Waals surface area (Å²) in [5, 5.41) is 0. The van der Waals surface area contributed by atoms with E-state index in [4.69, 9.17) is 24.7 Å². The molecule has 0 amide bonds. The fraction of sp³-hybridized carbons (Fsp3) is 0.778. The molecule has 1 aromatic rings. The van der Waals surface area contributed by atoms with Gasteiger partial charge in [-0.2, -0.15) is 4.98 Å². The molecule has 0 aliphatic carbocycles. The Morgan fingerprint density at radius 1 is 1.19 bits per heavy atom. The molecule has 0 saturated carbocycles.